The van der Waals surface area contributed by atoms with Crippen molar-refractivity contribution in [3.8, 4) is 5.69 Å². The van der Waals surface area contributed by atoms with Gasteiger partial charge in [0.05, 0.1) is 32.0 Å². The summed E-state index contributed by atoms with van der Waals surface area (Å²) < 4.78 is 0.331. The number of aromatic nitrogens is 1. The second-order valence-electron chi connectivity index (χ2n) is 4.46. The zero-order valence-corrected chi connectivity index (χ0v) is 11.8. The van der Waals surface area contributed by atoms with E-state index in [9.17, 15) is 45.3 Å². The third kappa shape index (κ3) is 3.11. The number of nitro benzene ring substituents is 2. The molecule has 1 aromatic heterocycles. The topological polar surface area (TPSA) is 195 Å². The summed E-state index contributed by atoms with van der Waals surface area (Å²) in [6.07, 6.45) is 0.559. The molecular weight excluding hydrogens is 346 g/mol. The average molecular weight is 351 g/mol. The molecule has 0 unspecified atom stereocenters. The number of hydrogen-bond donors (Lipinski definition) is 0. The van der Waals surface area contributed by atoms with Crippen molar-refractivity contribution in [2.75, 3.05) is 0 Å². The van der Waals surface area contributed by atoms with Gasteiger partial charge in [0.25, 0.3) is 17.1 Å². The molecule has 2 rings (SSSR count). The van der Waals surface area contributed by atoms with Crippen LogP contribution < -0.4 is 5.56 Å². The van der Waals surface area contributed by atoms with Gasteiger partial charge in [0.2, 0.25) is 0 Å². The minimum Gasteiger partial charge on any atom is -0.265 e. The molecule has 128 valence electrons. The summed E-state index contributed by atoms with van der Waals surface area (Å²) in [5.41, 5.74) is -5.59. The number of rotatable bonds is 5. The first kappa shape index (κ1) is 17.1. The minimum atomic E-state index is -1.37. The van der Waals surface area contributed by atoms with Gasteiger partial charge in [-0.15, -0.1) is 0 Å². The summed E-state index contributed by atoms with van der Waals surface area (Å²) >= 11 is 0. The van der Waals surface area contributed by atoms with Crippen LogP contribution in [0.25, 0.3) is 5.69 Å². The minimum absolute atomic E-state index is 0.331. The van der Waals surface area contributed by atoms with Crippen LogP contribution in [0.5, 0.6) is 0 Å². The first-order chi connectivity index (χ1) is 11.6. The summed E-state index contributed by atoms with van der Waals surface area (Å²) in [6.45, 7) is 0. The highest BCUT2D eigenvalue weighted by atomic mass is 16.6. The van der Waals surface area contributed by atoms with E-state index in [1.165, 1.54) is 0 Å². The largest absolute Gasteiger partial charge is 0.341 e. The summed E-state index contributed by atoms with van der Waals surface area (Å²) in [6, 6.07) is 2.56. The van der Waals surface area contributed by atoms with Gasteiger partial charge in [-0.1, -0.05) is 0 Å². The highest BCUT2D eigenvalue weighted by Gasteiger charge is 2.27. The number of nitrogens with zero attached hydrogens (tertiary/aromatic N) is 5. The second-order valence-corrected chi connectivity index (χ2v) is 4.46. The Bertz CT molecular complexity index is 996. The number of hydrogen-bond acceptors (Lipinski definition) is 9. The molecule has 0 aliphatic heterocycles. The van der Waals surface area contributed by atoms with Crippen LogP contribution in [-0.2, 0) is 0 Å². The smallest absolute Gasteiger partial charge is 0.265 e. The summed E-state index contributed by atoms with van der Waals surface area (Å²) in [5.74, 6) is 0. The lowest BCUT2D eigenvalue weighted by molar-refractivity contribution is -0.396. The van der Waals surface area contributed by atoms with Crippen LogP contribution >= 0.6 is 0 Å². The molecule has 25 heavy (non-hydrogen) atoms. The van der Waals surface area contributed by atoms with E-state index >= 15 is 0 Å². The Kier molecular flexibility index (Phi) is 4.18. The summed E-state index contributed by atoms with van der Waals surface area (Å²) in [5, 5.41) is 43.6. The molecule has 2 aromatic rings. The molecule has 0 saturated heterocycles. The molecule has 0 aliphatic rings. The summed E-state index contributed by atoms with van der Waals surface area (Å²) in [7, 11) is 0. The van der Waals surface area contributed by atoms with Gasteiger partial charge in [-0.25, -0.2) is 0 Å². The van der Waals surface area contributed by atoms with Gasteiger partial charge in [-0.2, -0.15) is 0 Å². The van der Waals surface area contributed by atoms with Crippen molar-refractivity contribution in [3.05, 3.63) is 81.3 Å². The van der Waals surface area contributed by atoms with Crippen molar-refractivity contribution in [1.82, 2.24) is 4.57 Å². The van der Waals surface area contributed by atoms with Crippen LogP contribution in [0, 0.1) is 40.5 Å². The lowest BCUT2D eigenvalue weighted by Gasteiger charge is -2.06. The van der Waals surface area contributed by atoms with Crippen LogP contribution in [0.4, 0.5) is 22.7 Å². The maximum absolute atomic E-state index is 12.1. The van der Waals surface area contributed by atoms with Crippen molar-refractivity contribution in [2.24, 2.45) is 0 Å². The van der Waals surface area contributed by atoms with Crippen LogP contribution in [0.3, 0.4) is 0 Å². The van der Waals surface area contributed by atoms with Crippen molar-refractivity contribution < 1.29 is 19.7 Å². The third-order valence-corrected chi connectivity index (χ3v) is 3.02. The van der Waals surface area contributed by atoms with E-state index in [2.05, 4.69) is 0 Å². The molecule has 1 heterocycles. The number of pyridine rings is 1. The molecule has 14 nitrogen and oxygen atoms in total. The van der Waals surface area contributed by atoms with E-state index in [-0.39, 0.29) is 0 Å². The van der Waals surface area contributed by atoms with Gasteiger partial charge in [-0.05, 0) is 6.07 Å². The quantitative estimate of drug-likeness (QED) is 0.565. The fourth-order valence-corrected chi connectivity index (χ4v) is 1.94. The van der Waals surface area contributed by atoms with E-state index in [1.807, 2.05) is 0 Å². The van der Waals surface area contributed by atoms with Crippen molar-refractivity contribution in [3.63, 3.8) is 0 Å². The molecule has 0 saturated carbocycles. The van der Waals surface area contributed by atoms with E-state index in [1.54, 1.807) is 0 Å². The predicted molar refractivity (Wildman–Crippen MR) is 78.7 cm³/mol. The summed E-state index contributed by atoms with van der Waals surface area (Å²) in [4.78, 5) is 51.5. The molecule has 0 radical (unpaired) electrons. The fourth-order valence-electron chi connectivity index (χ4n) is 1.94. The highest BCUT2D eigenvalue weighted by Crippen LogP contribution is 2.28. The first-order valence-electron chi connectivity index (χ1n) is 6.12. The molecule has 0 spiro atoms. The van der Waals surface area contributed by atoms with Crippen LogP contribution in [0.1, 0.15) is 0 Å². The third-order valence-electron chi connectivity index (χ3n) is 3.02. The standard InChI is InChI=1S/C11H5N5O9/c17-11-10(16(24)25)4-7(14(20)21)5-12(11)8-2-1-6(13(18)19)3-9(8)15(22)23/h1-5H. The zero-order valence-electron chi connectivity index (χ0n) is 11.8. The van der Waals surface area contributed by atoms with Gasteiger partial charge in [0, 0.05) is 6.07 Å². The van der Waals surface area contributed by atoms with Crippen LogP contribution in [0.2, 0.25) is 0 Å². The lowest BCUT2D eigenvalue weighted by atomic mass is 10.2. The molecule has 1 aromatic carbocycles. The molecule has 0 aliphatic carbocycles. The Labute approximate surface area is 135 Å². The van der Waals surface area contributed by atoms with Crippen molar-refractivity contribution >= 4 is 22.7 Å². The van der Waals surface area contributed by atoms with Crippen LogP contribution in [-0.4, -0.2) is 24.3 Å². The lowest BCUT2D eigenvalue weighted by Crippen LogP contribution is -2.22. The first-order valence-corrected chi connectivity index (χ1v) is 6.12. The maximum Gasteiger partial charge on any atom is 0.341 e. The molecule has 0 atom stereocenters. The Morgan fingerprint density at radius 3 is 1.72 bits per heavy atom. The van der Waals surface area contributed by atoms with Gasteiger partial charge in [-0.3, -0.25) is 49.8 Å². The number of benzene rings is 1. The average Bonchev–Trinajstić information content (AvgIpc) is 2.53. The molecular formula is C11H5N5O9. The second kappa shape index (κ2) is 6.11. The number of nitro groups is 4. The van der Waals surface area contributed by atoms with E-state index < -0.39 is 53.7 Å². The van der Waals surface area contributed by atoms with E-state index in [4.69, 9.17) is 0 Å². The van der Waals surface area contributed by atoms with Gasteiger partial charge in [0.15, 0.2) is 0 Å². The molecule has 14 heteroatoms. The molecule has 0 fully saturated rings. The van der Waals surface area contributed by atoms with E-state index in [0.29, 0.717) is 22.9 Å². The molecule has 0 amide bonds. The maximum atomic E-state index is 12.1. The van der Waals surface area contributed by atoms with E-state index in [0.717, 1.165) is 12.1 Å². The molecule has 0 bridgehead atoms. The predicted octanol–water partition coefficient (Wildman–Crippen LogP) is 1.47. The fraction of sp³-hybridized carbons (Fsp3) is 0. The van der Waals surface area contributed by atoms with Crippen LogP contribution in [0.15, 0.2) is 35.3 Å². The monoisotopic (exact) mass is 351 g/mol. The van der Waals surface area contributed by atoms with Gasteiger partial charge >= 0.3 is 11.2 Å². The van der Waals surface area contributed by atoms with Gasteiger partial charge < -0.3 is 0 Å². The van der Waals surface area contributed by atoms with Crippen molar-refractivity contribution in [2.45, 2.75) is 0 Å². The zero-order chi connectivity index (χ0) is 18.9. The Morgan fingerprint density at radius 1 is 0.720 bits per heavy atom. The Balaban J connectivity index is 2.88. The Hall–Kier alpha value is -4.23. The van der Waals surface area contributed by atoms with Gasteiger partial charge in [0.1, 0.15) is 11.8 Å². The highest BCUT2D eigenvalue weighted by molar-refractivity contribution is 5.59. The number of non-ortho nitro benzene ring substituents is 1. The van der Waals surface area contributed by atoms with Crippen molar-refractivity contribution in [1.29, 1.82) is 0 Å². The SMILES string of the molecule is O=c1c([N+](=O)[O-])cc([N+](=O)[O-])cn1-c1ccc([N+](=O)[O-])cc1[N+](=O)[O-]. The Morgan fingerprint density at radius 2 is 1.24 bits per heavy atom. The molecule has 0 N–H and O–H groups in total. The normalized spacial score (nSPS) is 10.2.